The number of amides is 1. The van der Waals surface area contributed by atoms with Gasteiger partial charge in [-0.15, -0.1) is 0 Å². The van der Waals surface area contributed by atoms with Gasteiger partial charge in [-0.25, -0.2) is 13.4 Å². The number of carbonyl (C=O) groups excluding carboxylic acids is 1. The molecule has 1 aliphatic heterocycles. The molecule has 33 heavy (non-hydrogen) atoms. The third kappa shape index (κ3) is 4.82. The van der Waals surface area contributed by atoms with Gasteiger partial charge < -0.3 is 14.4 Å². The zero-order valence-corrected chi connectivity index (χ0v) is 19.4. The lowest BCUT2D eigenvalue weighted by Gasteiger charge is -2.34. The number of carbonyl (C=O) groups is 1. The number of aromatic nitrogens is 2. The summed E-state index contributed by atoms with van der Waals surface area (Å²) in [6, 6.07) is 10.4. The van der Waals surface area contributed by atoms with Gasteiger partial charge in [0.15, 0.2) is 0 Å². The number of pyridine rings is 2. The van der Waals surface area contributed by atoms with Crippen LogP contribution in [0.3, 0.4) is 0 Å². The highest BCUT2D eigenvalue weighted by molar-refractivity contribution is 7.89. The molecule has 0 saturated carbocycles. The van der Waals surface area contributed by atoms with E-state index in [4.69, 9.17) is 9.47 Å². The minimum atomic E-state index is -3.76. The predicted octanol–water partition coefficient (Wildman–Crippen LogP) is 2.11. The molecule has 0 spiro atoms. The summed E-state index contributed by atoms with van der Waals surface area (Å²) in [4.78, 5) is 23.4. The number of rotatable bonds is 7. The maximum atomic E-state index is 13.4. The van der Waals surface area contributed by atoms with Crippen molar-refractivity contribution in [3.05, 3.63) is 59.9 Å². The molecule has 1 saturated heterocycles. The van der Waals surface area contributed by atoms with Crippen LogP contribution in [0.1, 0.15) is 15.9 Å². The van der Waals surface area contributed by atoms with Crippen LogP contribution in [0.2, 0.25) is 0 Å². The number of aryl methyl sites for hydroxylation is 1. The summed E-state index contributed by atoms with van der Waals surface area (Å²) in [6.07, 6.45) is 3.22. The Morgan fingerprint density at radius 2 is 1.85 bits per heavy atom. The highest BCUT2D eigenvalue weighted by atomic mass is 32.2. The van der Waals surface area contributed by atoms with E-state index >= 15 is 0 Å². The highest BCUT2D eigenvalue weighted by Gasteiger charge is 2.32. The van der Waals surface area contributed by atoms with E-state index in [2.05, 4.69) is 9.97 Å². The molecule has 0 aliphatic carbocycles. The number of ether oxygens (including phenoxy) is 2. The van der Waals surface area contributed by atoms with Crippen LogP contribution in [0.15, 0.2) is 53.7 Å². The topological polar surface area (TPSA) is 102 Å². The van der Waals surface area contributed by atoms with E-state index in [-0.39, 0.29) is 49.5 Å². The Balaban J connectivity index is 1.49. The maximum Gasteiger partial charge on any atom is 0.259 e. The second-order valence-electron chi connectivity index (χ2n) is 7.73. The molecule has 4 rings (SSSR count). The van der Waals surface area contributed by atoms with Gasteiger partial charge >= 0.3 is 0 Å². The van der Waals surface area contributed by atoms with Crippen molar-refractivity contribution < 1.29 is 22.7 Å². The fourth-order valence-corrected chi connectivity index (χ4v) is 5.37. The van der Waals surface area contributed by atoms with Crippen molar-refractivity contribution in [2.24, 2.45) is 0 Å². The first-order valence-electron chi connectivity index (χ1n) is 10.6. The quantitative estimate of drug-likeness (QED) is 0.488. The number of hydrogen-bond acceptors (Lipinski definition) is 7. The second kappa shape index (κ2) is 9.82. The molecule has 1 amide bonds. The molecule has 0 unspecified atom stereocenters. The normalized spacial score (nSPS) is 15.0. The number of nitrogens with zero attached hydrogens (tertiary/aromatic N) is 4. The van der Waals surface area contributed by atoms with Crippen molar-refractivity contribution in [2.45, 2.75) is 11.8 Å². The summed E-state index contributed by atoms with van der Waals surface area (Å²) in [6.45, 7) is 3.48. The van der Waals surface area contributed by atoms with Crippen LogP contribution in [0, 0.1) is 6.92 Å². The maximum absolute atomic E-state index is 13.4. The minimum Gasteiger partial charge on any atom is -0.475 e. The van der Waals surface area contributed by atoms with Crippen LogP contribution in [0.25, 0.3) is 10.9 Å². The van der Waals surface area contributed by atoms with Crippen molar-refractivity contribution >= 4 is 26.8 Å². The summed E-state index contributed by atoms with van der Waals surface area (Å²) in [7, 11) is -2.19. The van der Waals surface area contributed by atoms with Gasteiger partial charge in [0.25, 0.3) is 5.91 Å². The third-order valence-corrected chi connectivity index (χ3v) is 7.41. The lowest BCUT2D eigenvalue weighted by Crippen LogP contribution is -2.50. The number of sulfonamides is 1. The lowest BCUT2D eigenvalue weighted by atomic mass is 10.2. The molecule has 3 aromatic rings. The smallest absolute Gasteiger partial charge is 0.259 e. The van der Waals surface area contributed by atoms with Crippen molar-refractivity contribution in [3.63, 3.8) is 0 Å². The van der Waals surface area contributed by atoms with E-state index in [1.807, 2.05) is 19.1 Å². The average molecular weight is 471 g/mol. The number of para-hydroxylation sites is 1. The molecule has 3 heterocycles. The molecule has 0 N–H and O–H groups in total. The summed E-state index contributed by atoms with van der Waals surface area (Å²) in [5.74, 6) is 0.00147. The molecule has 1 aliphatic rings. The molecule has 0 atom stereocenters. The molecule has 0 bridgehead atoms. The summed E-state index contributed by atoms with van der Waals surface area (Å²) >= 11 is 0. The fraction of sp³-hybridized carbons (Fsp3) is 0.348. The first-order chi connectivity index (χ1) is 15.9. The largest absolute Gasteiger partial charge is 0.475 e. The van der Waals surface area contributed by atoms with Crippen LogP contribution >= 0.6 is 0 Å². The molecule has 174 valence electrons. The van der Waals surface area contributed by atoms with E-state index < -0.39 is 10.0 Å². The van der Waals surface area contributed by atoms with Gasteiger partial charge in [0.2, 0.25) is 15.9 Å². The number of piperazine rings is 1. The van der Waals surface area contributed by atoms with Crippen molar-refractivity contribution in [2.75, 3.05) is 46.5 Å². The van der Waals surface area contributed by atoms with Gasteiger partial charge in [-0.2, -0.15) is 4.31 Å². The van der Waals surface area contributed by atoms with Crippen LogP contribution in [-0.2, 0) is 14.8 Å². The SMILES string of the molecule is COCCOc1ncccc1C(=O)N1CCN(S(=O)(=O)c2cccc3cc(C)cnc23)CC1. The highest BCUT2D eigenvalue weighted by Crippen LogP contribution is 2.26. The number of fused-ring (bicyclic) bond motifs is 1. The number of methoxy groups -OCH3 is 1. The summed E-state index contributed by atoms with van der Waals surface area (Å²) in [5, 5.41) is 0.780. The van der Waals surface area contributed by atoms with Gasteiger partial charge in [0.1, 0.15) is 17.1 Å². The van der Waals surface area contributed by atoms with Gasteiger partial charge in [0.05, 0.1) is 12.1 Å². The Bertz CT molecular complexity index is 1260. The lowest BCUT2D eigenvalue weighted by molar-refractivity contribution is 0.0689. The predicted molar refractivity (Wildman–Crippen MR) is 123 cm³/mol. The van der Waals surface area contributed by atoms with Crippen LogP contribution in [0.4, 0.5) is 0 Å². The molecule has 0 radical (unpaired) electrons. The summed E-state index contributed by atoms with van der Waals surface area (Å²) in [5.41, 5.74) is 1.76. The van der Waals surface area contributed by atoms with Crippen molar-refractivity contribution in [1.29, 1.82) is 0 Å². The third-order valence-electron chi connectivity index (χ3n) is 5.48. The first kappa shape index (κ1) is 23.1. The summed E-state index contributed by atoms with van der Waals surface area (Å²) < 4.78 is 38.7. The fourth-order valence-electron chi connectivity index (χ4n) is 3.78. The van der Waals surface area contributed by atoms with Crippen LogP contribution in [-0.4, -0.2) is 80.0 Å². The minimum absolute atomic E-state index is 0.181. The van der Waals surface area contributed by atoms with E-state index in [1.54, 1.807) is 48.7 Å². The van der Waals surface area contributed by atoms with Crippen LogP contribution < -0.4 is 4.74 Å². The van der Waals surface area contributed by atoms with E-state index in [0.717, 1.165) is 10.9 Å². The van der Waals surface area contributed by atoms with Crippen molar-refractivity contribution in [1.82, 2.24) is 19.2 Å². The first-order valence-corrected chi connectivity index (χ1v) is 12.1. The van der Waals surface area contributed by atoms with Gasteiger partial charge in [-0.1, -0.05) is 12.1 Å². The molecule has 9 nitrogen and oxygen atoms in total. The van der Waals surface area contributed by atoms with Crippen molar-refractivity contribution in [3.8, 4) is 5.88 Å². The van der Waals surface area contributed by atoms with E-state index in [1.165, 1.54) is 4.31 Å². The Morgan fingerprint density at radius 1 is 1.06 bits per heavy atom. The molecule has 1 fully saturated rings. The van der Waals surface area contributed by atoms with Crippen LogP contribution in [0.5, 0.6) is 5.88 Å². The Labute approximate surface area is 193 Å². The Kier molecular flexibility index (Phi) is 6.87. The van der Waals surface area contributed by atoms with Gasteiger partial charge in [0, 0.05) is 51.1 Å². The van der Waals surface area contributed by atoms with Gasteiger partial charge in [-0.05, 0) is 36.8 Å². The van der Waals surface area contributed by atoms with Gasteiger partial charge in [-0.3, -0.25) is 9.78 Å². The Morgan fingerprint density at radius 3 is 2.61 bits per heavy atom. The number of hydrogen-bond donors (Lipinski definition) is 0. The monoisotopic (exact) mass is 470 g/mol. The molecule has 10 heteroatoms. The second-order valence-corrected chi connectivity index (χ2v) is 9.64. The van der Waals surface area contributed by atoms with E-state index in [9.17, 15) is 13.2 Å². The average Bonchev–Trinajstić information content (AvgIpc) is 2.83. The molecular formula is C23H26N4O5S. The zero-order valence-electron chi connectivity index (χ0n) is 18.6. The molecule has 2 aromatic heterocycles. The number of benzene rings is 1. The standard InChI is InChI=1S/C23H26N4O5S/c1-17-15-18-5-3-7-20(21(18)25-16-17)33(29,30)27-11-9-26(10-12-27)23(28)19-6-4-8-24-22(19)32-14-13-31-2/h3-8,15-16H,9-14H2,1-2H3. The molecular weight excluding hydrogens is 444 g/mol. The Hall–Kier alpha value is -3.08. The van der Waals surface area contributed by atoms with E-state index in [0.29, 0.717) is 17.7 Å². The molecule has 1 aromatic carbocycles. The zero-order chi connectivity index (χ0) is 23.4.